The molecule has 1 unspecified atom stereocenters. The van der Waals surface area contributed by atoms with Gasteiger partial charge in [-0.1, -0.05) is 5.11 Å². The molecular formula is C5H8F2N4. The molecular weight excluding hydrogens is 154 g/mol. The van der Waals surface area contributed by atoms with E-state index in [2.05, 4.69) is 10.0 Å². The zero-order valence-electron chi connectivity index (χ0n) is 5.80. The van der Waals surface area contributed by atoms with Crippen molar-refractivity contribution in [3.05, 3.63) is 10.4 Å². The van der Waals surface area contributed by atoms with Crippen LogP contribution in [0.3, 0.4) is 0 Å². The number of nitrogens with zero attached hydrogens (tertiary/aromatic N) is 3. The third-order valence-electron chi connectivity index (χ3n) is 2.04. The average Bonchev–Trinajstić information content (AvgIpc) is 2.50. The van der Waals surface area contributed by atoms with Gasteiger partial charge in [-0.3, -0.25) is 0 Å². The third-order valence-corrected chi connectivity index (χ3v) is 2.04. The molecule has 0 amide bonds. The largest absolute Gasteiger partial charge is 0.330 e. The summed E-state index contributed by atoms with van der Waals surface area (Å²) in [7, 11) is 0. The molecule has 0 aliphatic heterocycles. The predicted molar refractivity (Wildman–Crippen MR) is 35.1 cm³/mol. The number of rotatable bonds is 3. The summed E-state index contributed by atoms with van der Waals surface area (Å²) < 4.78 is 25.0. The Balaban J connectivity index is 2.60. The molecule has 0 bridgehead atoms. The summed E-state index contributed by atoms with van der Waals surface area (Å²) in [5.41, 5.74) is 11.8. The fourth-order valence-corrected chi connectivity index (χ4v) is 1.01. The van der Waals surface area contributed by atoms with E-state index in [1.54, 1.807) is 0 Å². The average molecular weight is 162 g/mol. The van der Waals surface area contributed by atoms with Crippen molar-refractivity contribution in [1.82, 2.24) is 0 Å². The van der Waals surface area contributed by atoms with E-state index in [9.17, 15) is 8.78 Å². The summed E-state index contributed by atoms with van der Waals surface area (Å²) in [5.74, 6) is -2.73. The van der Waals surface area contributed by atoms with E-state index in [4.69, 9.17) is 11.3 Å². The van der Waals surface area contributed by atoms with Gasteiger partial charge in [-0.15, -0.1) is 0 Å². The third kappa shape index (κ3) is 1.15. The first-order valence-electron chi connectivity index (χ1n) is 3.17. The van der Waals surface area contributed by atoms with Gasteiger partial charge in [0.05, 0.1) is 5.41 Å². The fourth-order valence-electron chi connectivity index (χ4n) is 1.01. The van der Waals surface area contributed by atoms with Crippen molar-refractivity contribution >= 4 is 0 Å². The summed E-state index contributed by atoms with van der Waals surface area (Å²) in [5, 5.41) is 3.09. The molecule has 6 heteroatoms. The molecule has 0 aromatic rings. The Morgan fingerprint density at radius 1 is 1.64 bits per heavy atom. The van der Waals surface area contributed by atoms with Gasteiger partial charge in [0.2, 0.25) is 0 Å². The number of azide groups is 1. The lowest BCUT2D eigenvalue weighted by Gasteiger charge is -2.08. The molecule has 0 heterocycles. The van der Waals surface area contributed by atoms with Gasteiger partial charge in [-0.25, -0.2) is 8.78 Å². The summed E-state index contributed by atoms with van der Waals surface area (Å²) in [4.78, 5) is 2.41. The van der Waals surface area contributed by atoms with E-state index in [0.717, 1.165) is 0 Å². The Morgan fingerprint density at radius 3 is 2.45 bits per heavy atom. The van der Waals surface area contributed by atoms with Gasteiger partial charge in [-0.05, 0) is 5.53 Å². The first-order chi connectivity index (χ1) is 5.08. The first-order valence-corrected chi connectivity index (χ1v) is 3.17. The number of hydrogen-bond donors (Lipinski definition) is 1. The van der Waals surface area contributed by atoms with E-state index in [0.29, 0.717) is 0 Å². The monoisotopic (exact) mass is 162 g/mol. The van der Waals surface area contributed by atoms with Crippen molar-refractivity contribution in [3.8, 4) is 0 Å². The zero-order valence-corrected chi connectivity index (χ0v) is 5.80. The van der Waals surface area contributed by atoms with E-state index in [1.165, 1.54) is 0 Å². The minimum Gasteiger partial charge on any atom is -0.330 e. The van der Waals surface area contributed by atoms with Crippen LogP contribution in [0.15, 0.2) is 5.11 Å². The minimum atomic E-state index is -2.73. The summed E-state index contributed by atoms with van der Waals surface area (Å²) >= 11 is 0. The van der Waals surface area contributed by atoms with Crippen LogP contribution < -0.4 is 5.73 Å². The molecule has 1 rings (SSSR count). The molecule has 0 aromatic heterocycles. The van der Waals surface area contributed by atoms with Crippen LogP contribution in [0.2, 0.25) is 0 Å². The number of hydrogen-bond acceptors (Lipinski definition) is 2. The summed E-state index contributed by atoms with van der Waals surface area (Å²) in [6.45, 7) is -0.327. The Kier molecular flexibility index (Phi) is 1.74. The second kappa shape index (κ2) is 2.32. The molecule has 0 spiro atoms. The van der Waals surface area contributed by atoms with Gasteiger partial charge in [0.15, 0.2) is 0 Å². The van der Waals surface area contributed by atoms with E-state index in [-0.39, 0.29) is 19.5 Å². The maximum atomic E-state index is 12.5. The Labute approximate surface area is 62.0 Å². The highest BCUT2D eigenvalue weighted by Gasteiger charge is 2.69. The Morgan fingerprint density at radius 2 is 2.18 bits per heavy atom. The predicted octanol–water partition coefficient (Wildman–Crippen LogP) is 1.28. The van der Waals surface area contributed by atoms with Crippen molar-refractivity contribution < 1.29 is 8.78 Å². The molecule has 62 valence electrons. The highest BCUT2D eigenvalue weighted by Crippen LogP contribution is 2.59. The van der Waals surface area contributed by atoms with Crippen molar-refractivity contribution in [2.45, 2.75) is 12.3 Å². The van der Waals surface area contributed by atoms with Crippen molar-refractivity contribution in [1.29, 1.82) is 0 Å². The number of alkyl halides is 2. The van der Waals surface area contributed by atoms with E-state index < -0.39 is 11.3 Å². The van der Waals surface area contributed by atoms with Gasteiger partial charge < -0.3 is 5.73 Å². The van der Waals surface area contributed by atoms with Crippen LogP contribution in [0, 0.1) is 5.41 Å². The maximum Gasteiger partial charge on any atom is 0.256 e. The first kappa shape index (κ1) is 8.23. The van der Waals surface area contributed by atoms with Gasteiger partial charge in [-0.2, -0.15) is 0 Å². The summed E-state index contributed by atoms with van der Waals surface area (Å²) in [6, 6.07) is 0. The second-order valence-electron chi connectivity index (χ2n) is 2.75. The standard InChI is InChI=1S/C5H8F2N4/c6-5(7)1-4(5,2-8)3-10-11-9/h1-3,8H2. The zero-order chi connectivity index (χ0) is 8.54. The van der Waals surface area contributed by atoms with Gasteiger partial charge in [0.1, 0.15) is 0 Å². The Bertz CT molecular complexity index is 211. The molecule has 0 saturated heterocycles. The van der Waals surface area contributed by atoms with Crippen molar-refractivity contribution in [2.24, 2.45) is 16.3 Å². The highest BCUT2D eigenvalue weighted by atomic mass is 19.3. The molecule has 4 nitrogen and oxygen atoms in total. The maximum absolute atomic E-state index is 12.5. The lowest BCUT2D eigenvalue weighted by atomic mass is 10.1. The van der Waals surface area contributed by atoms with Gasteiger partial charge in [0, 0.05) is 24.4 Å². The van der Waals surface area contributed by atoms with Crippen LogP contribution in [-0.2, 0) is 0 Å². The lowest BCUT2D eigenvalue weighted by molar-refractivity contribution is 0.0695. The smallest absolute Gasteiger partial charge is 0.256 e. The molecule has 1 fully saturated rings. The molecule has 11 heavy (non-hydrogen) atoms. The molecule has 1 aliphatic rings. The van der Waals surface area contributed by atoms with Crippen LogP contribution in [-0.4, -0.2) is 19.0 Å². The second-order valence-corrected chi connectivity index (χ2v) is 2.75. The van der Waals surface area contributed by atoms with Crippen LogP contribution in [0.4, 0.5) is 8.78 Å². The highest BCUT2D eigenvalue weighted by molar-refractivity contribution is 5.11. The molecule has 2 N–H and O–H groups in total. The topological polar surface area (TPSA) is 74.8 Å². The van der Waals surface area contributed by atoms with Crippen LogP contribution in [0.25, 0.3) is 10.4 Å². The number of nitrogens with two attached hydrogens (primary N) is 1. The van der Waals surface area contributed by atoms with Crippen LogP contribution >= 0.6 is 0 Å². The van der Waals surface area contributed by atoms with Crippen LogP contribution in [0.1, 0.15) is 6.42 Å². The normalized spacial score (nSPS) is 32.6. The SMILES string of the molecule is [N-]=[N+]=NCC1(CN)CC1(F)F. The van der Waals surface area contributed by atoms with E-state index in [1.807, 2.05) is 0 Å². The molecule has 1 aliphatic carbocycles. The number of halogens is 2. The van der Waals surface area contributed by atoms with E-state index >= 15 is 0 Å². The molecule has 0 radical (unpaired) electrons. The molecule has 1 saturated carbocycles. The lowest BCUT2D eigenvalue weighted by Crippen LogP contribution is -2.25. The van der Waals surface area contributed by atoms with Gasteiger partial charge in [0.25, 0.3) is 5.92 Å². The van der Waals surface area contributed by atoms with Gasteiger partial charge >= 0.3 is 0 Å². The summed E-state index contributed by atoms with van der Waals surface area (Å²) in [6.07, 6.45) is -0.254. The molecule has 0 aromatic carbocycles. The fraction of sp³-hybridized carbons (Fsp3) is 1.00. The van der Waals surface area contributed by atoms with Crippen molar-refractivity contribution in [3.63, 3.8) is 0 Å². The quantitative estimate of drug-likeness (QED) is 0.379. The van der Waals surface area contributed by atoms with Crippen LogP contribution in [0.5, 0.6) is 0 Å². The molecule has 1 atom stereocenters. The van der Waals surface area contributed by atoms with Crippen molar-refractivity contribution in [2.75, 3.05) is 13.1 Å². The Hall–Kier alpha value is -0.870. The minimum absolute atomic E-state index is 0.126.